The second kappa shape index (κ2) is 6.31. The van der Waals surface area contributed by atoms with Gasteiger partial charge in [-0.3, -0.25) is 4.99 Å². The summed E-state index contributed by atoms with van der Waals surface area (Å²) in [6.07, 6.45) is 1.11. The van der Waals surface area contributed by atoms with E-state index >= 15 is 0 Å². The van der Waals surface area contributed by atoms with E-state index in [9.17, 15) is 0 Å². The normalized spacial score (nSPS) is 18.3. The maximum Gasteiger partial charge on any atom is 0.161 e. The Labute approximate surface area is 123 Å². The van der Waals surface area contributed by atoms with Crippen molar-refractivity contribution in [2.24, 2.45) is 10.9 Å². The Kier molecular flexibility index (Phi) is 4.73. The third-order valence-corrected chi connectivity index (χ3v) is 4.14. The largest absolute Gasteiger partial charge is 0.334 e. The zero-order chi connectivity index (χ0) is 13.8. The van der Waals surface area contributed by atoms with Gasteiger partial charge in [-0.1, -0.05) is 37.2 Å². The molecule has 1 unspecified atom stereocenters. The molecule has 2 rings (SSSR count). The summed E-state index contributed by atoms with van der Waals surface area (Å²) in [5.41, 5.74) is 1.37. The standard InChI is InChI=1S/C14H16ClN3S/c1-9(2)5-11-8-19-14(17-11)18-13-4-3-10(7-16)6-12(13)15/h3-4,6,9,11H,5,8H2,1-2H3,(H,17,18). The number of aliphatic imine (C=N–C) groups is 1. The Hall–Kier alpha value is -1.18. The number of amidine groups is 1. The van der Waals surface area contributed by atoms with Crippen molar-refractivity contribution in [2.75, 3.05) is 11.1 Å². The van der Waals surface area contributed by atoms with Gasteiger partial charge >= 0.3 is 0 Å². The molecule has 0 aliphatic carbocycles. The van der Waals surface area contributed by atoms with Crippen LogP contribution in [0.25, 0.3) is 0 Å². The Morgan fingerprint density at radius 1 is 1.58 bits per heavy atom. The van der Waals surface area contributed by atoms with Gasteiger partial charge in [0.05, 0.1) is 28.4 Å². The molecule has 0 spiro atoms. The highest BCUT2D eigenvalue weighted by molar-refractivity contribution is 8.14. The summed E-state index contributed by atoms with van der Waals surface area (Å²) in [6.45, 7) is 4.42. The first-order chi connectivity index (χ1) is 9.08. The lowest BCUT2D eigenvalue weighted by molar-refractivity contribution is 0.529. The number of halogens is 1. The van der Waals surface area contributed by atoms with Crippen LogP contribution in [0.5, 0.6) is 0 Å². The molecule has 1 N–H and O–H groups in total. The van der Waals surface area contributed by atoms with Gasteiger partial charge in [-0.05, 0) is 30.5 Å². The Morgan fingerprint density at radius 2 is 2.37 bits per heavy atom. The fourth-order valence-corrected chi connectivity index (χ4v) is 3.14. The maximum absolute atomic E-state index is 8.80. The summed E-state index contributed by atoms with van der Waals surface area (Å²) in [6, 6.07) is 7.69. The molecular formula is C14H16ClN3S. The minimum Gasteiger partial charge on any atom is -0.334 e. The highest BCUT2D eigenvalue weighted by atomic mass is 35.5. The van der Waals surface area contributed by atoms with Gasteiger partial charge in [0.15, 0.2) is 5.17 Å². The molecule has 1 aromatic rings. The van der Waals surface area contributed by atoms with Gasteiger partial charge in [0.2, 0.25) is 0 Å². The predicted octanol–water partition coefficient (Wildman–Crippen LogP) is 4.14. The minimum atomic E-state index is 0.393. The topological polar surface area (TPSA) is 48.2 Å². The minimum absolute atomic E-state index is 0.393. The van der Waals surface area contributed by atoms with Crippen molar-refractivity contribution in [3.8, 4) is 6.07 Å². The first kappa shape index (κ1) is 14.2. The molecule has 3 nitrogen and oxygen atoms in total. The van der Waals surface area contributed by atoms with Crippen molar-refractivity contribution in [3.05, 3.63) is 28.8 Å². The molecule has 1 aliphatic rings. The van der Waals surface area contributed by atoms with Gasteiger partial charge in [-0.25, -0.2) is 0 Å². The molecule has 19 heavy (non-hydrogen) atoms. The van der Waals surface area contributed by atoms with Gasteiger partial charge in [-0.2, -0.15) is 5.26 Å². The lowest BCUT2D eigenvalue weighted by Crippen LogP contribution is -2.08. The number of hydrogen-bond donors (Lipinski definition) is 1. The SMILES string of the molecule is CC(C)CC1CSC(Nc2ccc(C#N)cc2Cl)=N1. The van der Waals surface area contributed by atoms with Crippen molar-refractivity contribution in [1.29, 1.82) is 5.26 Å². The highest BCUT2D eigenvalue weighted by Crippen LogP contribution is 2.28. The van der Waals surface area contributed by atoms with E-state index in [1.165, 1.54) is 0 Å². The monoisotopic (exact) mass is 293 g/mol. The smallest absolute Gasteiger partial charge is 0.161 e. The van der Waals surface area contributed by atoms with Gasteiger partial charge in [0.1, 0.15) is 0 Å². The Balaban J connectivity index is 2.04. The third kappa shape index (κ3) is 3.89. The molecule has 1 aliphatic heterocycles. The van der Waals surface area contributed by atoms with E-state index in [0.29, 0.717) is 22.5 Å². The molecule has 0 aromatic heterocycles. The van der Waals surface area contributed by atoms with Crippen molar-refractivity contribution < 1.29 is 0 Å². The van der Waals surface area contributed by atoms with Crippen LogP contribution in [0.2, 0.25) is 5.02 Å². The molecule has 1 heterocycles. The number of benzene rings is 1. The number of nitrogens with zero attached hydrogens (tertiary/aromatic N) is 2. The van der Waals surface area contributed by atoms with Gasteiger partial charge < -0.3 is 5.32 Å². The van der Waals surface area contributed by atoms with E-state index in [-0.39, 0.29) is 0 Å². The Morgan fingerprint density at radius 3 is 3.00 bits per heavy atom. The fourth-order valence-electron chi connectivity index (χ4n) is 1.95. The van der Waals surface area contributed by atoms with E-state index < -0.39 is 0 Å². The van der Waals surface area contributed by atoms with Crippen LogP contribution in [0.15, 0.2) is 23.2 Å². The number of hydrogen-bond acceptors (Lipinski definition) is 4. The van der Waals surface area contributed by atoms with Crippen molar-refractivity contribution >= 4 is 34.2 Å². The summed E-state index contributed by atoms with van der Waals surface area (Å²) in [5.74, 6) is 1.68. The summed E-state index contributed by atoms with van der Waals surface area (Å²) in [4.78, 5) is 4.65. The number of nitrogens with one attached hydrogen (secondary N) is 1. The quantitative estimate of drug-likeness (QED) is 0.911. The molecule has 0 saturated carbocycles. The molecule has 0 saturated heterocycles. The number of nitriles is 1. The second-order valence-corrected chi connectivity index (χ2v) is 6.38. The van der Waals surface area contributed by atoms with E-state index in [1.807, 2.05) is 6.07 Å². The summed E-state index contributed by atoms with van der Waals surface area (Å²) in [7, 11) is 0. The average Bonchev–Trinajstić information content (AvgIpc) is 2.78. The zero-order valence-corrected chi connectivity index (χ0v) is 12.6. The van der Waals surface area contributed by atoms with Crippen LogP contribution in [-0.4, -0.2) is 17.0 Å². The molecule has 100 valence electrons. The molecule has 5 heteroatoms. The molecule has 0 bridgehead atoms. The van der Waals surface area contributed by atoms with E-state index in [2.05, 4.69) is 30.2 Å². The third-order valence-electron chi connectivity index (χ3n) is 2.80. The molecule has 0 amide bonds. The number of anilines is 1. The first-order valence-electron chi connectivity index (χ1n) is 6.25. The lowest BCUT2D eigenvalue weighted by atomic mass is 10.1. The summed E-state index contributed by atoms with van der Waals surface area (Å²) >= 11 is 7.85. The molecule has 0 fully saturated rings. The molecule has 0 radical (unpaired) electrons. The van der Waals surface area contributed by atoms with Crippen LogP contribution in [0.4, 0.5) is 5.69 Å². The molecular weight excluding hydrogens is 278 g/mol. The number of rotatable bonds is 3. The van der Waals surface area contributed by atoms with Gasteiger partial charge in [-0.15, -0.1) is 0 Å². The highest BCUT2D eigenvalue weighted by Gasteiger charge is 2.19. The number of thioether (sulfide) groups is 1. The van der Waals surface area contributed by atoms with Crippen LogP contribution < -0.4 is 5.32 Å². The van der Waals surface area contributed by atoms with Crippen molar-refractivity contribution in [2.45, 2.75) is 26.3 Å². The van der Waals surface area contributed by atoms with Crippen LogP contribution in [0.3, 0.4) is 0 Å². The second-order valence-electron chi connectivity index (χ2n) is 4.96. The van der Waals surface area contributed by atoms with Crippen LogP contribution in [-0.2, 0) is 0 Å². The van der Waals surface area contributed by atoms with Crippen LogP contribution >= 0.6 is 23.4 Å². The molecule has 1 atom stereocenters. The Bertz CT molecular complexity index is 534. The summed E-state index contributed by atoms with van der Waals surface area (Å²) < 4.78 is 0. The zero-order valence-electron chi connectivity index (χ0n) is 11.0. The van der Waals surface area contributed by atoms with Crippen LogP contribution in [0, 0.1) is 17.2 Å². The molecule has 1 aromatic carbocycles. The average molecular weight is 294 g/mol. The summed E-state index contributed by atoms with van der Waals surface area (Å²) in [5, 5.41) is 13.5. The fraction of sp³-hybridized carbons (Fsp3) is 0.429. The van der Waals surface area contributed by atoms with E-state index in [0.717, 1.165) is 23.0 Å². The van der Waals surface area contributed by atoms with Gasteiger partial charge in [0.25, 0.3) is 0 Å². The van der Waals surface area contributed by atoms with Crippen molar-refractivity contribution in [3.63, 3.8) is 0 Å². The first-order valence-corrected chi connectivity index (χ1v) is 7.62. The predicted molar refractivity (Wildman–Crippen MR) is 82.9 cm³/mol. The van der Waals surface area contributed by atoms with Crippen molar-refractivity contribution in [1.82, 2.24) is 0 Å². The maximum atomic E-state index is 8.80. The van der Waals surface area contributed by atoms with Gasteiger partial charge in [0, 0.05) is 5.75 Å². The lowest BCUT2D eigenvalue weighted by Gasteiger charge is -2.08. The van der Waals surface area contributed by atoms with E-state index in [4.69, 9.17) is 16.9 Å². The van der Waals surface area contributed by atoms with E-state index in [1.54, 1.807) is 23.9 Å². The van der Waals surface area contributed by atoms with Crippen LogP contribution in [0.1, 0.15) is 25.8 Å².